The second-order valence-corrected chi connectivity index (χ2v) is 9.12. The van der Waals surface area contributed by atoms with Gasteiger partial charge in [0.15, 0.2) is 0 Å². The third kappa shape index (κ3) is 4.81. The summed E-state index contributed by atoms with van der Waals surface area (Å²) in [5.74, 6) is -0.252. The third-order valence-corrected chi connectivity index (χ3v) is 6.55. The van der Waals surface area contributed by atoms with Crippen LogP contribution in [0.5, 0.6) is 5.75 Å². The molecule has 0 saturated heterocycles. The van der Waals surface area contributed by atoms with Gasteiger partial charge in [0.1, 0.15) is 11.6 Å². The van der Waals surface area contributed by atoms with Crippen LogP contribution in [0, 0.1) is 11.7 Å². The van der Waals surface area contributed by atoms with Crippen LogP contribution in [0.3, 0.4) is 0 Å². The lowest BCUT2D eigenvalue weighted by molar-refractivity contribution is -0.117. The normalized spacial score (nSPS) is 15.9. The number of nitrogens with one attached hydrogen (secondary N) is 1. The first-order chi connectivity index (χ1) is 16.5. The summed E-state index contributed by atoms with van der Waals surface area (Å²) in [5.41, 5.74) is 2.30. The van der Waals surface area contributed by atoms with E-state index in [9.17, 15) is 19.1 Å². The Bertz CT molecular complexity index is 1200. The lowest BCUT2D eigenvalue weighted by Gasteiger charge is -2.28. The van der Waals surface area contributed by atoms with E-state index >= 15 is 0 Å². The van der Waals surface area contributed by atoms with Crippen molar-refractivity contribution in [3.63, 3.8) is 0 Å². The van der Waals surface area contributed by atoms with E-state index < -0.39 is 0 Å². The van der Waals surface area contributed by atoms with Crippen molar-refractivity contribution in [3.8, 4) is 17.0 Å². The summed E-state index contributed by atoms with van der Waals surface area (Å²) in [4.78, 5) is 27.4. The largest absolute Gasteiger partial charge is 0.507 e. The summed E-state index contributed by atoms with van der Waals surface area (Å²) in [7, 11) is 0. The molecule has 2 saturated carbocycles. The highest BCUT2D eigenvalue weighted by Gasteiger charge is 2.30. The Morgan fingerprint density at radius 1 is 1.06 bits per heavy atom. The minimum absolute atomic E-state index is 0.0149. The summed E-state index contributed by atoms with van der Waals surface area (Å²) in [6, 6.07) is 12.5. The summed E-state index contributed by atoms with van der Waals surface area (Å²) >= 11 is 0. The topological polar surface area (TPSA) is 87.5 Å². The molecular formula is C26H27FN4O3. The zero-order valence-corrected chi connectivity index (χ0v) is 18.8. The second-order valence-electron chi connectivity index (χ2n) is 9.12. The van der Waals surface area contributed by atoms with Gasteiger partial charge in [-0.3, -0.25) is 4.79 Å². The average molecular weight is 463 g/mol. The van der Waals surface area contributed by atoms with Crippen LogP contribution in [-0.4, -0.2) is 37.8 Å². The standard InChI is InChI=1S/C26H27FN4O3/c27-19-9-5-17(6-10-19)16-30(21-3-1-2-4-21)26(34)31-14-13-23(29-31)22-15-20(11-12-24(22)32)28-25(33)18-7-8-18/h5-6,9-15,18,21,32H,1-4,7-8,16H2,(H,28,33). The zero-order chi connectivity index (χ0) is 23.7. The number of halogens is 1. The maximum Gasteiger partial charge on any atom is 0.345 e. The van der Waals surface area contributed by atoms with Crippen molar-refractivity contribution < 1.29 is 19.1 Å². The zero-order valence-electron chi connectivity index (χ0n) is 18.8. The number of benzene rings is 2. The molecule has 2 fully saturated rings. The maximum absolute atomic E-state index is 13.5. The molecule has 2 aromatic carbocycles. The molecule has 1 heterocycles. The van der Waals surface area contributed by atoms with Crippen LogP contribution >= 0.6 is 0 Å². The quantitative estimate of drug-likeness (QED) is 0.496. The van der Waals surface area contributed by atoms with Crippen LogP contribution in [0.4, 0.5) is 14.9 Å². The van der Waals surface area contributed by atoms with E-state index in [0.717, 1.165) is 44.1 Å². The lowest BCUT2D eigenvalue weighted by Crippen LogP contribution is -2.41. The Labute approximate surface area is 197 Å². The fourth-order valence-corrected chi connectivity index (χ4v) is 4.47. The molecule has 1 aromatic heterocycles. The molecule has 2 aliphatic carbocycles. The van der Waals surface area contributed by atoms with E-state index in [1.807, 2.05) is 0 Å². The van der Waals surface area contributed by atoms with E-state index in [2.05, 4.69) is 10.4 Å². The molecular weight excluding hydrogens is 435 g/mol. The van der Waals surface area contributed by atoms with E-state index in [1.165, 1.54) is 22.9 Å². The molecule has 0 aliphatic heterocycles. The fraction of sp³-hybridized carbons (Fsp3) is 0.346. The number of phenols is 1. The SMILES string of the molecule is O=C(Nc1ccc(O)c(-c2ccn(C(=O)N(Cc3ccc(F)cc3)C3CCCC3)n2)c1)C1CC1. The molecule has 176 valence electrons. The number of nitrogens with zero attached hydrogens (tertiary/aromatic N) is 3. The van der Waals surface area contributed by atoms with E-state index in [1.54, 1.807) is 41.4 Å². The number of hydrogen-bond donors (Lipinski definition) is 2. The van der Waals surface area contributed by atoms with Gasteiger partial charge in [0.2, 0.25) is 5.91 Å². The van der Waals surface area contributed by atoms with Crippen LogP contribution in [0.25, 0.3) is 11.3 Å². The molecule has 2 amide bonds. The Kier molecular flexibility index (Phi) is 6.04. The van der Waals surface area contributed by atoms with Crippen molar-refractivity contribution in [2.45, 2.75) is 51.1 Å². The van der Waals surface area contributed by atoms with Crippen molar-refractivity contribution in [1.29, 1.82) is 0 Å². The van der Waals surface area contributed by atoms with Gasteiger partial charge in [-0.2, -0.15) is 9.78 Å². The number of rotatable bonds is 6. The minimum Gasteiger partial charge on any atom is -0.507 e. The summed E-state index contributed by atoms with van der Waals surface area (Å²) in [5, 5.41) is 17.7. The molecule has 3 aromatic rings. The second kappa shape index (κ2) is 9.29. The smallest absolute Gasteiger partial charge is 0.345 e. The van der Waals surface area contributed by atoms with E-state index in [4.69, 9.17) is 0 Å². The number of carbonyl (C=O) groups is 2. The van der Waals surface area contributed by atoms with Gasteiger partial charge in [0.25, 0.3) is 0 Å². The van der Waals surface area contributed by atoms with Crippen molar-refractivity contribution in [2.75, 3.05) is 5.32 Å². The Morgan fingerprint density at radius 2 is 1.79 bits per heavy atom. The van der Waals surface area contributed by atoms with Crippen LogP contribution in [-0.2, 0) is 11.3 Å². The average Bonchev–Trinajstić information content (AvgIpc) is 3.33. The van der Waals surface area contributed by atoms with Gasteiger partial charge in [-0.05, 0) is 67.6 Å². The molecule has 0 bridgehead atoms. The maximum atomic E-state index is 13.5. The molecule has 8 heteroatoms. The molecule has 5 rings (SSSR count). The number of aromatic hydroxyl groups is 1. The number of aromatic nitrogens is 2. The third-order valence-electron chi connectivity index (χ3n) is 6.55. The Balaban J connectivity index is 1.38. The van der Waals surface area contributed by atoms with Crippen molar-refractivity contribution in [3.05, 3.63) is 66.1 Å². The van der Waals surface area contributed by atoms with Crippen molar-refractivity contribution in [1.82, 2.24) is 14.7 Å². The monoisotopic (exact) mass is 462 g/mol. The molecule has 0 unspecified atom stereocenters. The first-order valence-corrected chi connectivity index (χ1v) is 11.7. The van der Waals surface area contributed by atoms with Crippen LogP contribution in [0.15, 0.2) is 54.7 Å². The molecule has 2 N–H and O–H groups in total. The van der Waals surface area contributed by atoms with Crippen LogP contribution < -0.4 is 5.32 Å². The van der Waals surface area contributed by atoms with Crippen LogP contribution in [0.1, 0.15) is 44.1 Å². The summed E-state index contributed by atoms with van der Waals surface area (Å²) < 4.78 is 14.6. The highest BCUT2D eigenvalue weighted by molar-refractivity contribution is 5.95. The highest BCUT2D eigenvalue weighted by Crippen LogP contribution is 2.34. The number of phenolic OH excluding ortho intramolecular Hbond substituents is 1. The molecule has 0 radical (unpaired) electrons. The number of amides is 2. The highest BCUT2D eigenvalue weighted by atomic mass is 19.1. The van der Waals surface area contributed by atoms with Gasteiger partial charge in [-0.1, -0.05) is 25.0 Å². The van der Waals surface area contributed by atoms with Crippen LogP contribution in [0.2, 0.25) is 0 Å². The molecule has 0 atom stereocenters. The van der Waals surface area contributed by atoms with Gasteiger partial charge in [0.05, 0.1) is 5.69 Å². The first-order valence-electron chi connectivity index (χ1n) is 11.7. The Morgan fingerprint density at radius 3 is 2.50 bits per heavy atom. The summed E-state index contributed by atoms with van der Waals surface area (Å²) in [6.07, 6.45) is 7.36. The molecule has 34 heavy (non-hydrogen) atoms. The van der Waals surface area contributed by atoms with Crippen molar-refractivity contribution >= 4 is 17.6 Å². The van der Waals surface area contributed by atoms with Gasteiger partial charge in [-0.15, -0.1) is 0 Å². The van der Waals surface area contributed by atoms with Gasteiger partial charge >= 0.3 is 6.03 Å². The van der Waals surface area contributed by atoms with Gasteiger partial charge in [0, 0.05) is 36.0 Å². The van der Waals surface area contributed by atoms with Gasteiger partial charge in [-0.25, -0.2) is 9.18 Å². The summed E-state index contributed by atoms with van der Waals surface area (Å²) in [6.45, 7) is 0.368. The lowest BCUT2D eigenvalue weighted by atomic mass is 10.1. The number of carbonyl (C=O) groups excluding carboxylic acids is 2. The van der Waals surface area contributed by atoms with Gasteiger partial charge < -0.3 is 15.3 Å². The first kappa shape index (κ1) is 22.1. The van der Waals surface area contributed by atoms with Crippen molar-refractivity contribution in [2.24, 2.45) is 5.92 Å². The predicted molar refractivity (Wildman–Crippen MR) is 126 cm³/mol. The molecule has 0 spiro atoms. The Hall–Kier alpha value is -3.68. The number of anilines is 1. The molecule has 2 aliphatic rings. The minimum atomic E-state index is -0.311. The number of hydrogen-bond acceptors (Lipinski definition) is 4. The van der Waals surface area contributed by atoms with E-state index in [-0.39, 0.29) is 35.5 Å². The predicted octanol–water partition coefficient (Wildman–Crippen LogP) is 5.16. The molecule has 7 nitrogen and oxygen atoms in total. The van der Waals surface area contributed by atoms with E-state index in [0.29, 0.717) is 23.5 Å². The fourth-order valence-electron chi connectivity index (χ4n) is 4.47.